The van der Waals surface area contributed by atoms with E-state index in [1.165, 1.54) is 0 Å². The van der Waals surface area contributed by atoms with Gasteiger partial charge in [-0.1, -0.05) is 76.8 Å². The van der Waals surface area contributed by atoms with E-state index in [4.69, 9.17) is 9.47 Å². The number of benzene rings is 1. The van der Waals surface area contributed by atoms with Crippen LogP contribution in [0.5, 0.6) is 0 Å². The van der Waals surface area contributed by atoms with Crippen molar-refractivity contribution >= 4 is 41.5 Å². The molecule has 1 aliphatic carbocycles. The Kier molecular flexibility index (Phi) is 15.9. The number of Topliss-reactive ketones (excluding diaryl/α,β-unsaturated/α-hetero) is 1. The smallest absolute Gasteiger partial charge is 0.407 e. The summed E-state index contributed by atoms with van der Waals surface area (Å²) in [5, 5.41) is 9.64. The first-order chi connectivity index (χ1) is 25.3. The summed E-state index contributed by atoms with van der Waals surface area (Å²) in [4.78, 5) is 93.0. The van der Waals surface area contributed by atoms with Crippen LogP contribution in [0.2, 0.25) is 0 Å². The predicted molar refractivity (Wildman–Crippen MR) is 193 cm³/mol. The predicted octanol–water partition coefficient (Wildman–Crippen LogP) is 3.72. The molecule has 4 unspecified atom stereocenters. The van der Waals surface area contributed by atoms with Crippen LogP contribution in [0, 0.1) is 11.8 Å². The minimum Gasteiger partial charge on any atom is -0.458 e. The molecular weight excluding hydrogens is 708 g/mol. The van der Waals surface area contributed by atoms with E-state index in [9.17, 15) is 42.3 Å². The first-order valence-electron chi connectivity index (χ1n) is 18.6. The van der Waals surface area contributed by atoms with E-state index in [0.717, 1.165) is 24.2 Å². The van der Waals surface area contributed by atoms with Gasteiger partial charge >= 0.3 is 12.1 Å². The number of alkyl carbamates (subject to hydrolysis) is 1. The van der Waals surface area contributed by atoms with Crippen molar-refractivity contribution < 1.29 is 51.8 Å². The minimum absolute atomic E-state index is 0.0131. The average Bonchev–Trinajstić information content (AvgIpc) is 3.45. The SMILES string of the molecule is CCCC(NC(=O)C1CC(F)(F)CN1C(=O)C(NC(=O)OCC(C)C)C1CCCCC1)C(=O)C(=O)NCC(=O)NC(C(=O)OC(C)(C)C)c1ccccc1. The number of carbonyl (C=O) groups is 7. The number of esters is 1. The van der Waals surface area contributed by atoms with E-state index in [1.807, 2.05) is 13.8 Å². The first-order valence-corrected chi connectivity index (χ1v) is 18.6. The second-order valence-corrected chi connectivity index (χ2v) is 15.4. The molecule has 1 saturated heterocycles. The van der Waals surface area contributed by atoms with Crippen molar-refractivity contribution in [3.63, 3.8) is 0 Å². The Bertz CT molecular complexity index is 1500. The lowest BCUT2D eigenvalue weighted by molar-refractivity contribution is -0.158. The van der Waals surface area contributed by atoms with Gasteiger partial charge in [0.1, 0.15) is 17.7 Å². The fourth-order valence-electron chi connectivity index (χ4n) is 6.45. The Labute approximate surface area is 315 Å². The highest BCUT2D eigenvalue weighted by Crippen LogP contribution is 2.35. The fraction of sp³-hybridized carbons (Fsp3) is 0.658. The molecule has 300 valence electrons. The molecule has 5 amide bonds. The zero-order chi connectivity index (χ0) is 40.2. The van der Waals surface area contributed by atoms with Crippen LogP contribution in [0.1, 0.15) is 105 Å². The van der Waals surface area contributed by atoms with Crippen LogP contribution in [0.25, 0.3) is 0 Å². The summed E-state index contributed by atoms with van der Waals surface area (Å²) in [6, 6.07) is 2.69. The van der Waals surface area contributed by atoms with Crippen LogP contribution in [0.4, 0.5) is 13.6 Å². The molecule has 1 heterocycles. The molecule has 0 bridgehead atoms. The van der Waals surface area contributed by atoms with Crippen molar-refractivity contribution in [2.24, 2.45) is 11.8 Å². The standard InChI is InChI=1S/C38H55F2N5O9/c1-7-14-26(31(47)33(49)41-20-28(46)43-30(25-17-12-9-13-18-25)35(51)54-37(4,5)6)42-32(48)27-19-38(39,40)22-45(27)34(50)29(24-15-10-8-11-16-24)44-36(52)53-21-23(2)3/h9,12-13,17-18,23-24,26-27,29-30H,7-8,10-11,14-16,19-22H2,1-6H3,(H,41,49)(H,42,48)(H,43,46)(H,44,52). The highest BCUT2D eigenvalue weighted by atomic mass is 19.3. The Balaban J connectivity index is 1.71. The molecular formula is C38H55F2N5O9. The number of hydrogen-bond donors (Lipinski definition) is 4. The van der Waals surface area contributed by atoms with Crippen LogP contribution in [0.3, 0.4) is 0 Å². The molecule has 0 spiro atoms. The molecule has 2 fully saturated rings. The maximum Gasteiger partial charge on any atom is 0.407 e. The summed E-state index contributed by atoms with van der Waals surface area (Å²) in [7, 11) is 0. The average molecular weight is 764 g/mol. The molecule has 1 aliphatic heterocycles. The van der Waals surface area contributed by atoms with Crippen LogP contribution in [-0.2, 0) is 38.2 Å². The maximum absolute atomic E-state index is 14.9. The van der Waals surface area contributed by atoms with E-state index in [2.05, 4.69) is 21.3 Å². The molecule has 3 rings (SSSR count). The number of rotatable bonds is 16. The largest absolute Gasteiger partial charge is 0.458 e. The summed E-state index contributed by atoms with van der Waals surface area (Å²) >= 11 is 0. The molecule has 4 atom stereocenters. The van der Waals surface area contributed by atoms with Crippen molar-refractivity contribution in [3.8, 4) is 0 Å². The van der Waals surface area contributed by atoms with Crippen molar-refractivity contribution in [3.05, 3.63) is 35.9 Å². The number of nitrogens with one attached hydrogen (secondary N) is 4. The summed E-state index contributed by atoms with van der Waals surface area (Å²) in [5.41, 5.74) is -0.438. The Morgan fingerprint density at radius 1 is 0.944 bits per heavy atom. The van der Waals surface area contributed by atoms with Gasteiger partial charge in [-0.15, -0.1) is 0 Å². The van der Waals surface area contributed by atoms with Crippen molar-refractivity contribution in [2.75, 3.05) is 19.7 Å². The number of nitrogens with zero attached hydrogens (tertiary/aromatic N) is 1. The van der Waals surface area contributed by atoms with Crippen molar-refractivity contribution in [2.45, 2.75) is 129 Å². The normalized spacial score (nSPS) is 18.8. The number of ketones is 1. The molecule has 1 saturated carbocycles. The van der Waals surface area contributed by atoms with E-state index >= 15 is 0 Å². The molecule has 4 N–H and O–H groups in total. The zero-order valence-electron chi connectivity index (χ0n) is 32.0. The Morgan fingerprint density at radius 2 is 1.59 bits per heavy atom. The molecule has 2 aliphatic rings. The number of ether oxygens (including phenoxy) is 2. The first kappa shape index (κ1) is 43.8. The van der Waals surface area contributed by atoms with Crippen molar-refractivity contribution in [1.29, 1.82) is 0 Å². The van der Waals surface area contributed by atoms with Gasteiger partial charge in [-0.2, -0.15) is 0 Å². The van der Waals surface area contributed by atoms with E-state index in [1.54, 1.807) is 58.0 Å². The van der Waals surface area contributed by atoms with Crippen LogP contribution in [-0.4, -0.2) is 95.7 Å². The maximum atomic E-state index is 14.9. The number of carbonyl (C=O) groups excluding carboxylic acids is 7. The summed E-state index contributed by atoms with van der Waals surface area (Å²) < 4.78 is 40.5. The van der Waals surface area contributed by atoms with Gasteiger partial charge in [-0.3, -0.25) is 24.0 Å². The van der Waals surface area contributed by atoms with Gasteiger partial charge in [0.2, 0.25) is 23.5 Å². The van der Waals surface area contributed by atoms with E-state index in [0.29, 0.717) is 24.8 Å². The Morgan fingerprint density at radius 3 is 2.19 bits per heavy atom. The minimum atomic E-state index is -3.45. The number of hydrogen-bond acceptors (Lipinski definition) is 9. The lowest BCUT2D eigenvalue weighted by Crippen LogP contribution is -2.58. The lowest BCUT2D eigenvalue weighted by Gasteiger charge is -2.34. The second kappa shape index (κ2) is 19.6. The molecule has 0 aromatic heterocycles. The van der Waals surface area contributed by atoms with Crippen LogP contribution >= 0.6 is 0 Å². The third kappa shape index (κ3) is 13.3. The van der Waals surface area contributed by atoms with Crippen LogP contribution < -0.4 is 21.3 Å². The van der Waals surface area contributed by atoms with E-state index in [-0.39, 0.29) is 24.9 Å². The third-order valence-electron chi connectivity index (χ3n) is 8.99. The quantitative estimate of drug-likeness (QED) is 0.144. The molecule has 1 aromatic carbocycles. The number of amides is 5. The van der Waals surface area contributed by atoms with Gasteiger partial charge in [-0.05, 0) is 57.4 Å². The van der Waals surface area contributed by atoms with Gasteiger partial charge in [-0.25, -0.2) is 18.4 Å². The molecule has 16 heteroatoms. The molecule has 14 nitrogen and oxygen atoms in total. The highest BCUT2D eigenvalue weighted by Gasteiger charge is 2.52. The molecule has 0 radical (unpaired) electrons. The third-order valence-corrected chi connectivity index (χ3v) is 8.99. The summed E-state index contributed by atoms with van der Waals surface area (Å²) in [6.07, 6.45) is 1.96. The second-order valence-electron chi connectivity index (χ2n) is 15.4. The highest BCUT2D eigenvalue weighted by molar-refractivity contribution is 6.38. The van der Waals surface area contributed by atoms with Gasteiger partial charge in [0.05, 0.1) is 25.7 Å². The molecule has 54 heavy (non-hydrogen) atoms. The number of likely N-dealkylation sites (tertiary alicyclic amines) is 1. The van der Waals surface area contributed by atoms with Gasteiger partial charge in [0.25, 0.3) is 11.8 Å². The monoisotopic (exact) mass is 763 g/mol. The lowest BCUT2D eigenvalue weighted by atomic mass is 9.83. The summed E-state index contributed by atoms with van der Waals surface area (Å²) in [6.45, 7) is 8.63. The Hall–Kier alpha value is -4.63. The summed E-state index contributed by atoms with van der Waals surface area (Å²) in [5.74, 6) is -9.65. The van der Waals surface area contributed by atoms with E-state index < -0.39 is 96.7 Å². The van der Waals surface area contributed by atoms with Gasteiger partial charge in [0, 0.05) is 6.42 Å². The topological polar surface area (TPSA) is 189 Å². The molecule has 1 aromatic rings. The van der Waals surface area contributed by atoms with Crippen molar-refractivity contribution in [1.82, 2.24) is 26.2 Å². The number of alkyl halides is 2. The fourth-order valence-corrected chi connectivity index (χ4v) is 6.45. The van der Waals surface area contributed by atoms with Gasteiger partial charge < -0.3 is 35.6 Å². The van der Waals surface area contributed by atoms with Crippen LogP contribution in [0.15, 0.2) is 30.3 Å². The number of halogens is 2. The van der Waals surface area contributed by atoms with Gasteiger partial charge in [0.15, 0.2) is 6.04 Å². The zero-order valence-corrected chi connectivity index (χ0v) is 32.0.